The van der Waals surface area contributed by atoms with Crippen molar-refractivity contribution in [3.8, 4) is 17.6 Å². The number of ether oxygens (including phenoxy) is 3. The molecule has 0 saturated carbocycles. The maximum absolute atomic E-state index is 9.95. The zero-order valence-electron chi connectivity index (χ0n) is 19.3. The van der Waals surface area contributed by atoms with E-state index < -0.39 is 0 Å². The van der Waals surface area contributed by atoms with Crippen LogP contribution >= 0.6 is 0 Å². The van der Waals surface area contributed by atoms with Crippen molar-refractivity contribution >= 4 is 6.08 Å². The van der Waals surface area contributed by atoms with Gasteiger partial charge in [-0.2, -0.15) is 5.26 Å². The molecule has 2 N–H and O–H groups in total. The van der Waals surface area contributed by atoms with Crippen LogP contribution in [0.15, 0.2) is 76.9 Å². The summed E-state index contributed by atoms with van der Waals surface area (Å²) in [5.41, 5.74) is 10.9. The van der Waals surface area contributed by atoms with Crippen molar-refractivity contribution in [2.24, 2.45) is 5.73 Å². The Morgan fingerprint density at radius 2 is 1.70 bits per heavy atom. The molecule has 0 unspecified atom stereocenters. The first-order valence-corrected chi connectivity index (χ1v) is 11.1. The van der Waals surface area contributed by atoms with Crippen molar-refractivity contribution in [2.45, 2.75) is 19.3 Å². The Morgan fingerprint density at radius 3 is 2.27 bits per heavy atom. The topological polar surface area (TPSA) is 80.7 Å². The van der Waals surface area contributed by atoms with E-state index in [2.05, 4.69) is 24.0 Å². The van der Waals surface area contributed by atoms with Gasteiger partial charge in [0.1, 0.15) is 28.9 Å². The number of nitrogens with two attached hydrogens (primary N) is 1. The Bertz CT molecular complexity index is 1140. The number of methoxy groups -OCH3 is 2. The first-order chi connectivity index (χ1) is 16.1. The molecule has 0 aromatic heterocycles. The van der Waals surface area contributed by atoms with Gasteiger partial charge in [0.2, 0.25) is 5.88 Å². The summed E-state index contributed by atoms with van der Waals surface area (Å²) in [6.45, 7) is 4.60. The van der Waals surface area contributed by atoms with Crippen LogP contribution < -0.4 is 15.2 Å². The second-order valence-electron chi connectivity index (χ2n) is 8.21. The van der Waals surface area contributed by atoms with Gasteiger partial charge in [-0.05, 0) is 60.0 Å². The van der Waals surface area contributed by atoms with Crippen molar-refractivity contribution in [3.63, 3.8) is 0 Å². The minimum atomic E-state index is -0.261. The van der Waals surface area contributed by atoms with Gasteiger partial charge in [0.15, 0.2) is 0 Å². The molecule has 33 heavy (non-hydrogen) atoms. The molecule has 2 aromatic rings. The summed E-state index contributed by atoms with van der Waals surface area (Å²) in [6.07, 6.45) is 3.17. The summed E-state index contributed by atoms with van der Waals surface area (Å²) in [5, 5.41) is 9.95. The van der Waals surface area contributed by atoms with Crippen LogP contribution in [0.5, 0.6) is 11.5 Å². The van der Waals surface area contributed by atoms with Crippen LogP contribution in [0, 0.1) is 11.3 Å². The van der Waals surface area contributed by atoms with E-state index in [0.717, 1.165) is 65.6 Å². The van der Waals surface area contributed by atoms with E-state index in [1.54, 1.807) is 14.2 Å². The Kier molecular flexibility index (Phi) is 6.71. The number of nitriles is 1. The SMILES string of the molecule is CCCN1CC2=C(OC(N)=C(C#N)[C@H]2c2ccc(OC)cc2)/C(=C/c2ccc(OC)cc2)C1. The Labute approximate surface area is 195 Å². The first kappa shape index (κ1) is 22.5. The molecule has 2 aliphatic heterocycles. The lowest BCUT2D eigenvalue weighted by Crippen LogP contribution is -2.38. The van der Waals surface area contributed by atoms with E-state index in [4.69, 9.17) is 19.9 Å². The van der Waals surface area contributed by atoms with E-state index >= 15 is 0 Å². The second kappa shape index (κ2) is 9.85. The molecular weight excluding hydrogens is 414 g/mol. The van der Waals surface area contributed by atoms with E-state index in [1.165, 1.54) is 0 Å². The van der Waals surface area contributed by atoms with Crippen LogP contribution in [0.4, 0.5) is 0 Å². The zero-order valence-corrected chi connectivity index (χ0v) is 19.3. The van der Waals surface area contributed by atoms with Crippen molar-refractivity contribution in [2.75, 3.05) is 33.9 Å². The van der Waals surface area contributed by atoms with Gasteiger partial charge < -0.3 is 19.9 Å². The molecule has 0 bridgehead atoms. The van der Waals surface area contributed by atoms with E-state index in [9.17, 15) is 5.26 Å². The lowest BCUT2D eigenvalue weighted by molar-refractivity contribution is 0.234. The molecular formula is C27H29N3O3. The number of hydrogen-bond acceptors (Lipinski definition) is 6. The Morgan fingerprint density at radius 1 is 1.06 bits per heavy atom. The van der Waals surface area contributed by atoms with Gasteiger partial charge >= 0.3 is 0 Å². The zero-order chi connectivity index (χ0) is 23.4. The van der Waals surface area contributed by atoms with Crippen LogP contribution in [0.1, 0.15) is 30.4 Å². The van der Waals surface area contributed by atoms with Gasteiger partial charge in [0.05, 0.1) is 20.1 Å². The van der Waals surface area contributed by atoms with Gasteiger partial charge in [-0.25, -0.2) is 0 Å². The average molecular weight is 444 g/mol. The molecule has 0 radical (unpaired) electrons. The molecule has 6 heteroatoms. The highest BCUT2D eigenvalue weighted by Gasteiger charge is 2.37. The molecule has 6 nitrogen and oxygen atoms in total. The quantitative estimate of drug-likeness (QED) is 0.704. The van der Waals surface area contributed by atoms with Crippen molar-refractivity contribution < 1.29 is 14.2 Å². The molecule has 1 atom stereocenters. The van der Waals surface area contributed by atoms with Crippen LogP contribution in [0.2, 0.25) is 0 Å². The normalized spacial score (nSPS) is 19.7. The Hall–Kier alpha value is -3.69. The second-order valence-corrected chi connectivity index (χ2v) is 8.21. The van der Waals surface area contributed by atoms with Crippen molar-refractivity contribution in [3.05, 3.63) is 88.0 Å². The fourth-order valence-electron chi connectivity index (χ4n) is 4.49. The van der Waals surface area contributed by atoms with Crippen molar-refractivity contribution in [1.82, 2.24) is 4.90 Å². The van der Waals surface area contributed by atoms with Crippen molar-refractivity contribution in [1.29, 1.82) is 5.26 Å². The van der Waals surface area contributed by atoms with Crippen LogP contribution in [0.25, 0.3) is 6.08 Å². The Balaban J connectivity index is 1.82. The molecule has 0 saturated heterocycles. The van der Waals surface area contributed by atoms with E-state index in [0.29, 0.717) is 5.57 Å². The number of allylic oxidation sites excluding steroid dienone is 1. The largest absolute Gasteiger partial charge is 0.497 e. The average Bonchev–Trinajstić information content (AvgIpc) is 2.84. The minimum absolute atomic E-state index is 0.168. The minimum Gasteiger partial charge on any atom is -0.497 e. The summed E-state index contributed by atoms with van der Waals surface area (Å²) in [5.74, 6) is 2.26. The molecule has 170 valence electrons. The summed E-state index contributed by atoms with van der Waals surface area (Å²) >= 11 is 0. The fourth-order valence-corrected chi connectivity index (χ4v) is 4.49. The molecule has 2 heterocycles. The summed E-state index contributed by atoms with van der Waals surface area (Å²) in [7, 11) is 3.30. The lowest BCUT2D eigenvalue weighted by Gasteiger charge is -2.38. The maximum atomic E-state index is 9.95. The van der Waals surface area contributed by atoms with E-state index in [-0.39, 0.29) is 11.8 Å². The maximum Gasteiger partial charge on any atom is 0.205 e. The third-order valence-corrected chi connectivity index (χ3v) is 6.05. The highest BCUT2D eigenvalue weighted by molar-refractivity contribution is 5.63. The predicted molar refractivity (Wildman–Crippen MR) is 128 cm³/mol. The molecule has 2 aliphatic rings. The molecule has 0 spiro atoms. The van der Waals surface area contributed by atoms with Crippen LogP contribution in [-0.2, 0) is 4.74 Å². The summed E-state index contributed by atoms with van der Waals surface area (Å²) in [4.78, 5) is 2.39. The molecule has 4 rings (SSSR count). The van der Waals surface area contributed by atoms with Gasteiger partial charge in [0, 0.05) is 18.7 Å². The van der Waals surface area contributed by atoms with Crippen LogP contribution in [-0.4, -0.2) is 38.8 Å². The van der Waals surface area contributed by atoms with Gasteiger partial charge in [0.25, 0.3) is 0 Å². The molecule has 0 amide bonds. The van der Waals surface area contributed by atoms with Crippen LogP contribution in [0.3, 0.4) is 0 Å². The summed E-state index contributed by atoms with van der Waals surface area (Å²) in [6, 6.07) is 18.0. The monoisotopic (exact) mass is 443 g/mol. The lowest BCUT2D eigenvalue weighted by atomic mass is 9.80. The van der Waals surface area contributed by atoms with Gasteiger partial charge in [-0.15, -0.1) is 0 Å². The number of hydrogen-bond donors (Lipinski definition) is 1. The highest BCUT2D eigenvalue weighted by atomic mass is 16.5. The standard InChI is InChI=1S/C27H29N3O3/c1-4-13-30-16-20(14-18-5-9-21(31-2)10-6-18)26-24(17-30)25(23(15-28)27(29)33-26)19-7-11-22(32-3)12-8-19/h5-12,14,25H,4,13,16-17,29H2,1-3H3/b20-14+/t25-/m1/s1. The number of nitrogens with zero attached hydrogens (tertiary/aromatic N) is 2. The highest BCUT2D eigenvalue weighted by Crippen LogP contribution is 2.44. The summed E-state index contributed by atoms with van der Waals surface area (Å²) < 4.78 is 16.7. The van der Waals surface area contributed by atoms with E-state index in [1.807, 2.05) is 48.5 Å². The molecule has 0 aliphatic carbocycles. The molecule has 0 fully saturated rings. The first-order valence-electron chi connectivity index (χ1n) is 11.1. The third-order valence-electron chi connectivity index (χ3n) is 6.05. The van der Waals surface area contributed by atoms with Gasteiger partial charge in [-0.1, -0.05) is 31.2 Å². The fraction of sp³-hybridized carbons (Fsp3) is 0.296. The number of rotatable bonds is 6. The van der Waals surface area contributed by atoms with Gasteiger partial charge in [-0.3, -0.25) is 4.90 Å². The third kappa shape index (κ3) is 4.59. The molecule has 2 aromatic carbocycles. The number of benzene rings is 2. The predicted octanol–water partition coefficient (Wildman–Crippen LogP) is 4.57. The smallest absolute Gasteiger partial charge is 0.205 e.